The van der Waals surface area contributed by atoms with Crippen LogP contribution in [0.2, 0.25) is 0 Å². The van der Waals surface area contributed by atoms with Crippen LogP contribution in [0.4, 0.5) is 0 Å². The molecule has 0 aliphatic rings. The van der Waals surface area contributed by atoms with Gasteiger partial charge < -0.3 is 15.0 Å². The summed E-state index contributed by atoms with van der Waals surface area (Å²) in [6, 6.07) is 17.2. The number of hydrogen-bond acceptors (Lipinski definition) is 4. The van der Waals surface area contributed by atoms with Crippen molar-refractivity contribution in [2.45, 2.75) is 50.6 Å². The average molecular weight is 429 g/mol. The van der Waals surface area contributed by atoms with Gasteiger partial charge >= 0.3 is 0 Å². The number of carbonyl (C=O) groups is 2. The van der Waals surface area contributed by atoms with Crippen LogP contribution < -0.4 is 10.1 Å². The summed E-state index contributed by atoms with van der Waals surface area (Å²) in [5.74, 6) is 1.30. The smallest absolute Gasteiger partial charge is 0.242 e. The van der Waals surface area contributed by atoms with Gasteiger partial charge in [0.1, 0.15) is 11.8 Å². The molecule has 0 aliphatic carbocycles. The summed E-state index contributed by atoms with van der Waals surface area (Å²) in [5, 5.41) is 2.95. The minimum absolute atomic E-state index is 0.0141. The number of ether oxygens (including phenoxy) is 1. The number of carbonyl (C=O) groups excluding carboxylic acids is 2. The summed E-state index contributed by atoms with van der Waals surface area (Å²) in [4.78, 5) is 28.8. The lowest BCUT2D eigenvalue weighted by molar-refractivity contribution is -0.141. The number of thioether (sulfide) groups is 1. The van der Waals surface area contributed by atoms with Crippen molar-refractivity contribution in [1.29, 1.82) is 0 Å². The van der Waals surface area contributed by atoms with Gasteiger partial charge in [-0.3, -0.25) is 9.59 Å². The number of nitrogens with one attached hydrogen (secondary N) is 1. The lowest BCUT2D eigenvalue weighted by Gasteiger charge is -2.30. The van der Waals surface area contributed by atoms with Crippen LogP contribution >= 0.6 is 11.8 Å². The average Bonchev–Trinajstić information content (AvgIpc) is 2.78. The third kappa shape index (κ3) is 7.41. The van der Waals surface area contributed by atoms with Crippen LogP contribution in [0, 0.1) is 0 Å². The van der Waals surface area contributed by atoms with E-state index >= 15 is 0 Å². The van der Waals surface area contributed by atoms with Gasteiger partial charge in [0.25, 0.3) is 0 Å². The Labute approximate surface area is 184 Å². The molecule has 0 heterocycles. The van der Waals surface area contributed by atoms with Gasteiger partial charge in [-0.25, -0.2) is 0 Å². The number of rotatable bonds is 12. The highest BCUT2D eigenvalue weighted by atomic mass is 32.2. The lowest BCUT2D eigenvalue weighted by Crippen LogP contribution is -2.49. The molecule has 1 atom stereocenters. The zero-order chi connectivity index (χ0) is 21.8. The van der Waals surface area contributed by atoms with E-state index in [2.05, 4.69) is 5.32 Å². The third-order valence-corrected chi connectivity index (χ3v) is 5.76. The second-order valence-electron chi connectivity index (χ2n) is 7.00. The lowest BCUT2D eigenvalue weighted by atomic mass is 10.1. The second-order valence-corrected chi connectivity index (χ2v) is 8.17. The molecule has 2 aromatic rings. The van der Waals surface area contributed by atoms with Crippen molar-refractivity contribution in [2.24, 2.45) is 0 Å². The molecule has 30 heavy (non-hydrogen) atoms. The minimum Gasteiger partial charge on any atom is -0.497 e. The normalized spacial score (nSPS) is 11.6. The van der Waals surface area contributed by atoms with Gasteiger partial charge in [0.05, 0.1) is 7.11 Å². The Bertz CT molecular complexity index is 798. The molecule has 5 nitrogen and oxygen atoms in total. The first-order valence-corrected chi connectivity index (χ1v) is 11.5. The summed E-state index contributed by atoms with van der Waals surface area (Å²) < 4.78 is 5.31. The summed E-state index contributed by atoms with van der Waals surface area (Å²) in [6.07, 6.45) is 1.80. The largest absolute Gasteiger partial charge is 0.497 e. The maximum Gasteiger partial charge on any atom is 0.242 e. The minimum atomic E-state index is -0.489. The van der Waals surface area contributed by atoms with Gasteiger partial charge in [0.2, 0.25) is 11.8 Å². The number of amides is 2. The third-order valence-electron chi connectivity index (χ3n) is 4.75. The van der Waals surface area contributed by atoms with Crippen molar-refractivity contribution in [3.05, 3.63) is 60.2 Å². The Morgan fingerprint density at radius 2 is 1.87 bits per heavy atom. The van der Waals surface area contributed by atoms with E-state index in [9.17, 15) is 9.59 Å². The monoisotopic (exact) mass is 428 g/mol. The number of hydrogen-bond donors (Lipinski definition) is 1. The zero-order valence-corrected chi connectivity index (χ0v) is 18.9. The van der Waals surface area contributed by atoms with Crippen LogP contribution in [-0.4, -0.2) is 42.2 Å². The Morgan fingerprint density at radius 3 is 2.53 bits per heavy atom. The molecule has 2 rings (SSSR count). The predicted molar refractivity (Wildman–Crippen MR) is 123 cm³/mol. The number of nitrogens with zero attached hydrogens (tertiary/aromatic N) is 1. The van der Waals surface area contributed by atoms with E-state index in [1.807, 2.05) is 68.4 Å². The predicted octanol–water partition coefficient (Wildman–Crippen LogP) is 4.51. The quantitative estimate of drug-likeness (QED) is 0.505. The van der Waals surface area contributed by atoms with Crippen LogP contribution in [-0.2, 0) is 16.1 Å². The molecule has 0 saturated carbocycles. The fourth-order valence-electron chi connectivity index (χ4n) is 3.17. The molecule has 0 fully saturated rings. The molecule has 1 N–H and O–H groups in total. The van der Waals surface area contributed by atoms with Crippen molar-refractivity contribution in [3.8, 4) is 5.75 Å². The van der Waals surface area contributed by atoms with Gasteiger partial charge in [-0.15, -0.1) is 11.8 Å². The molecule has 0 saturated heterocycles. The van der Waals surface area contributed by atoms with Gasteiger partial charge in [-0.1, -0.05) is 44.2 Å². The number of methoxy groups -OCH3 is 1. The maximum absolute atomic E-state index is 13.2. The van der Waals surface area contributed by atoms with E-state index in [-0.39, 0.29) is 11.8 Å². The first-order chi connectivity index (χ1) is 14.6. The molecule has 0 bridgehead atoms. The molecule has 6 heteroatoms. The fourth-order valence-corrected chi connectivity index (χ4v) is 4.03. The number of benzene rings is 2. The Hall–Kier alpha value is -2.47. The SMILES string of the molecule is CCCNC(=O)C(CC)N(Cc1cccc(OC)c1)C(=O)CCSc1ccccc1. The fraction of sp³-hybridized carbons (Fsp3) is 0.417. The molecule has 162 valence electrons. The van der Waals surface area contributed by atoms with Gasteiger partial charge in [0, 0.05) is 30.2 Å². The van der Waals surface area contributed by atoms with Crippen molar-refractivity contribution in [1.82, 2.24) is 10.2 Å². The highest BCUT2D eigenvalue weighted by molar-refractivity contribution is 7.99. The van der Waals surface area contributed by atoms with E-state index in [4.69, 9.17) is 4.74 Å². The van der Waals surface area contributed by atoms with E-state index in [1.54, 1.807) is 23.8 Å². The molecule has 1 unspecified atom stereocenters. The van der Waals surface area contributed by atoms with Gasteiger partial charge in [-0.05, 0) is 42.7 Å². The van der Waals surface area contributed by atoms with Crippen LogP contribution in [0.1, 0.15) is 38.7 Å². The van der Waals surface area contributed by atoms with E-state index in [0.29, 0.717) is 31.7 Å². The van der Waals surface area contributed by atoms with E-state index in [0.717, 1.165) is 22.6 Å². The van der Waals surface area contributed by atoms with E-state index in [1.165, 1.54) is 0 Å². The van der Waals surface area contributed by atoms with Crippen LogP contribution in [0.15, 0.2) is 59.5 Å². The van der Waals surface area contributed by atoms with Gasteiger partial charge in [0.15, 0.2) is 0 Å². The molecular weight excluding hydrogens is 396 g/mol. The highest BCUT2D eigenvalue weighted by Crippen LogP contribution is 2.21. The van der Waals surface area contributed by atoms with Crippen molar-refractivity contribution >= 4 is 23.6 Å². The van der Waals surface area contributed by atoms with E-state index < -0.39 is 6.04 Å². The van der Waals surface area contributed by atoms with Crippen LogP contribution in [0.3, 0.4) is 0 Å². The van der Waals surface area contributed by atoms with Crippen molar-refractivity contribution in [2.75, 3.05) is 19.4 Å². The highest BCUT2D eigenvalue weighted by Gasteiger charge is 2.28. The Balaban J connectivity index is 2.13. The summed E-state index contributed by atoms with van der Waals surface area (Å²) >= 11 is 1.65. The first-order valence-electron chi connectivity index (χ1n) is 10.5. The Kier molecular flexibility index (Phi) is 10.3. The van der Waals surface area contributed by atoms with Gasteiger partial charge in [-0.2, -0.15) is 0 Å². The molecular formula is C24H32N2O3S. The Morgan fingerprint density at radius 1 is 1.10 bits per heavy atom. The van der Waals surface area contributed by atoms with Crippen LogP contribution in [0.5, 0.6) is 5.75 Å². The zero-order valence-electron chi connectivity index (χ0n) is 18.1. The van der Waals surface area contributed by atoms with Crippen molar-refractivity contribution in [3.63, 3.8) is 0 Å². The molecule has 0 radical (unpaired) electrons. The van der Waals surface area contributed by atoms with Crippen molar-refractivity contribution < 1.29 is 14.3 Å². The first kappa shape index (κ1) is 23.8. The summed E-state index contributed by atoms with van der Waals surface area (Å²) in [7, 11) is 1.62. The second kappa shape index (κ2) is 13.0. The summed E-state index contributed by atoms with van der Waals surface area (Å²) in [5.41, 5.74) is 0.945. The molecule has 0 aromatic heterocycles. The summed E-state index contributed by atoms with van der Waals surface area (Å²) in [6.45, 7) is 4.95. The molecule has 0 spiro atoms. The topological polar surface area (TPSA) is 58.6 Å². The van der Waals surface area contributed by atoms with Crippen LogP contribution in [0.25, 0.3) is 0 Å². The standard InChI is InChI=1S/C24H32N2O3S/c1-4-15-25-24(28)22(5-2)26(18-19-10-9-11-20(17-19)29-3)23(27)14-16-30-21-12-7-6-8-13-21/h6-13,17,22H,4-5,14-16,18H2,1-3H3,(H,25,28). The molecule has 0 aliphatic heterocycles. The molecule has 2 aromatic carbocycles. The molecule has 2 amide bonds. The maximum atomic E-state index is 13.2.